The first kappa shape index (κ1) is 18.9. The molecule has 0 unspecified atom stereocenters. The summed E-state index contributed by atoms with van der Waals surface area (Å²) >= 11 is 0. The van der Waals surface area contributed by atoms with E-state index in [0.717, 1.165) is 44.5 Å². The average Bonchev–Trinajstić information content (AvgIpc) is 2.69. The zero-order valence-corrected chi connectivity index (χ0v) is 15.5. The molecule has 1 heterocycles. The molecule has 2 aliphatic rings. The summed E-state index contributed by atoms with van der Waals surface area (Å²) < 4.78 is 0. The highest BCUT2D eigenvalue weighted by molar-refractivity contribution is 5.78. The summed E-state index contributed by atoms with van der Waals surface area (Å²) in [6.45, 7) is 2.43. The summed E-state index contributed by atoms with van der Waals surface area (Å²) in [5, 5.41) is 11.7. The van der Waals surface area contributed by atoms with E-state index in [-0.39, 0.29) is 12.5 Å². The highest BCUT2D eigenvalue weighted by atomic mass is 16.3. The lowest BCUT2D eigenvalue weighted by Gasteiger charge is -2.32. The molecule has 26 heavy (non-hydrogen) atoms. The van der Waals surface area contributed by atoms with Crippen LogP contribution in [-0.4, -0.2) is 48.7 Å². The highest BCUT2D eigenvalue weighted by Gasteiger charge is 2.24. The van der Waals surface area contributed by atoms with Crippen molar-refractivity contribution in [2.45, 2.75) is 44.4 Å². The first-order valence-corrected chi connectivity index (χ1v) is 9.87. The number of hydrogen-bond acceptors (Lipinski definition) is 4. The average molecular weight is 357 g/mol. The first-order chi connectivity index (χ1) is 12.7. The fraction of sp³-hybridized carbons (Fsp3) is 0.571. The lowest BCUT2D eigenvalue weighted by molar-refractivity contribution is -0.131. The molecule has 1 aliphatic carbocycles. The van der Waals surface area contributed by atoms with E-state index in [9.17, 15) is 4.79 Å². The Labute approximate surface area is 156 Å². The Bertz CT molecular complexity index is 649. The fourth-order valence-electron chi connectivity index (χ4n) is 4.04. The number of aliphatic hydroxyl groups excluding tert-OH is 1. The van der Waals surface area contributed by atoms with Crippen LogP contribution in [0.25, 0.3) is 5.57 Å². The third-order valence-corrected chi connectivity index (χ3v) is 5.60. The smallest absolute Gasteiger partial charge is 0.236 e. The number of carbonyl (C=O) groups is 1. The van der Waals surface area contributed by atoms with Crippen molar-refractivity contribution in [3.63, 3.8) is 0 Å². The van der Waals surface area contributed by atoms with Gasteiger partial charge in [0.25, 0.3) is 0 Å². The maximum absolute atomic E-state index is 12.2. The Hall–Kier alpha value is -1.85. The minimum absolute atomic E-state index is 0.0608. The predicted molar refractivity (Wildman–Crippen MR) is 106 cm³/mol. The van der Waals surface area contributed by atoms with E-state index < -0.39 is 0 Å². The Balaban J connectivity index is 1.61. The van der Waals surface area contributed by atoms with Gasteiger partial charge in [-0.2, -0.15) is 0 Å². The fourth-order valence-corrected chi connectivity index (χ4v) is 4.04. The second-order valence-corrected chi connectivity index (χ2v) is 7.38. The van der Waals surface area contributed by atoms with Gasteiger partial charge in [0.15, 0.2) is 0 Å². The van der Waals surface area contributed by atoms with Crippen LogP contribution in [0, 0.1) is 0 Å². The summed E-state index contributed by atoms with van der Waals surface area (Å²) in [7, 11) is 0. The SMILES string of the molecule is Nc1ccc(C2CCN(C(=O)CNCCO)CC2)cc1C1=CCCCC1. The third-order valence-electron chi connectivity index (χ3n) is 5.60. The van der Waals surface area contributed by atoms with Gasteiger partial charge in [-0.1, -0.05) is 12.1 Å². The molecule has 1 fully saturated rings. The summed E-state index contributed by atoms with van der Waals surface area (Å²) in [5.74, 6) is 0.621. The van der Waals surface area contributed by atoms with Crippen LogP contribution in [0.2, 0.25) is 0 Å². The predicted octanol–water partition coefficient (Wildman–Crippen LogP) is 2.51. The molecular weight excluding hydrogens is 326 g/mol. The number of amides is 1. The number of nitrogens with one attached hydrogen (secondary N) is 1. The van der Waals surface area contributed by atoms with Crippen LogP contribution in [0.1, 0.15) is 55.6 Å². The van der Waals surface area contributed by atoms with Gasteiger partial charge in [-0.3, -0.25) is 4.79 Å². The molecule has 0 atom stereocenters. The van der Waals surface area contributed by atoms with E-state index in [4.69, 9.17) is 10.8 Å². The summed E-state index contributed by atoms with van der Waals surface area (Å²) in [4.78, 5) is 14.1. The van der Waals surface area contributed by atoms with E-state index in [1.165, 1.54) is 29.5 Å². The van der Waals surface area contributed by atoms with E-state index >= 15 is 0 Å². The quantitative estimate of drug-likeness (QED) is 0.540. The second kappa shape index (κ2) is 9.19. The van der Waals surface area contributed by atoms with Crippen molar-refractivity contribution in [2.75, 3.05) is 38.5 Å². The van der Waals surface area contributed by atoms with Crippen LogP contribution >= 0.6 is 0 Å². The van der Waals surface area contributed by atoms with Gasteiger partial charge in [-0.15, -0.1) is 0 Å². The van der Waals surface area contributed by atoms with Crippen LogP contribution in [0.3, 0.4) is 0 Å². The molecule has 0 aromatic heterocycles. The second-order valence-electron chi connectivity index (χ2n) is 7.38. The van der Waals surface area contributed by atoms with Crippen LogP contribution in [0.4, 0.5) is 5.69 Å². The molecule has 0 bridgehead atoms. The monoisotopic (exact) mass is 357 g/mol. The molecule has 1 aliphatic heterocycles. The van der Waals surface area contributed by atoms with Crippen LogP contribution < -0.4 is 11.1 Å². The molecule has 1 saturated heterocycles. The Morgan fingerprint density at radius 2 is 2.08 bits per heavy atom. The molecule has 1 aromatic rings. The Morgan fingerprint density at radius 1 is 1.27 bits per heavy atom. The number of nitrogens with zero attached hydrogens (tertiary/aromatic N) is 1. The highest BCUT2D eigenvalue weighted by Crippen LogP contribution is 2.35. The van der Waals surface area contributed by atoms with E-state index in [1.807, 2.05) is 4.90 Å². The molecule has 5 heteroatoms. The first-order valence-electron chi connectivity index (χ1n) is 9.87. The number of carbonyl (C=O) groups excluding carboxylic acids is 1. The number of likely N-dealkylation sites (tertiary alicyclic amines) is 1. The molecule has 0 spiro atoms. The number of piperidine rings is 1. The lowest BCUT2D eigenvalue weighted by atomic mass is 9.85. The topological polar surface area (TPSA) is 78.6 Å². The van der Waals surface area contributed by atoms with Crippen molar-refractivity contribution in [3.8, 4) is 0 Å². The zero-order valence-electron chi connectivity index (χ0n) is 15.5. The lowest BCUT2D eigenvalue weighted by Crippen LogP contribution is -2.43. The largest absolute Gasteiger partial charge is 0.398 e. The molecular formula is C21H31N3O2. The van der Waals surface area contributed by atoms with Gasteiger partial charge in [-0.25, -0.2) is 0 Å². The van der Waals surface area contributed by atoms with Crippen molar-refractivity contribution >= 4 is 17.2 Å². The molecule has 0 radical (unpaired) electrons. The van der Waals surface area contributed by atoms with Gasteiger partial charge in [0, 0.05) is 30.9 Å². The van der Waals surface area contributed by atoms with Gasteiger partial charge in [-0.05, 0) is 67.7 Å². The number of nitrogens with two attached hydrogens (primary N) is 1. The van der Waals surface area contributed by atoms with E-state index in [2.05, 4.69) is 29.6 Å². The number of hydrogen-bond donors (Lipinski definition) is 3. The van der Waals surface area contributed by atoms with Crippen LogP contribution in [0.5, 0.6) is 0 Å². The van der Waals surface area contributed by atoms with Gasteiger partial charge in [0.2, 0.25) is 5.91 Å². The number of benzene rings is 1. The number of anilines is 1. The molecule has 142 valence electrons. The minimum atomic E-state index is 0.0608. The van der Waals surface area contributed by atoms with Crippen molar-refractivity contribution in [3.05, 3.63) is 35.4 Å². The van der Waals surface area contributed by atoms with Crippen molar-refractivity contribution in [2.24, 2.45) is 0 Å². The number of nitrogen functional groups attached to an aromatic ring is 1. The van der Waals surface area contributed by atoms with Gasteiger partial charge in [0.1, 0.15) is 0 Å². The van der Waals surface area contributed by atoms with Crippen molar-refractivity contribution in [1.82, 2.24) is 10.2 Å². The Kier molecular flexibility index (Phi) is 6.69. The molecule has 3 rings (SSSR count). The minimum Gasteiger partial charge on any atom is -0.398 e. The maximum Gasteiger partial charge on any atom is 0.236 e. The number of allylic oxidation sites excluding steroid dienone is 2. The number of rotatable bonds is 6. The summed E-state index contributed by atoms with van der Waals surface area (Å²) in [6.07, 6.45) is 9.15. The van der Waals surface area contributed by atoms with Crippen molar-refractivity contribution in [1.29, 1.82) is 0 Å². The summed E-state index contributed by atoms with van der Waals surface area (Å²) in [6, 6.07) is 6.50. The van der Waals surface area contributed by atoms with Crippen LogP contribution in [0.15, 0.2) is 24.3 Å². The summed E-state index contributed by atoms with van der Waals surface area (Å²) in [5.41, 5.74) is 11.1. The molecule has 4 N–H and O–H groups in total. The normalized spacial score (nSPS) is 18.7. The standard InChI is InChI=1S/C21H31N3O2/c22-20-7-6-18(14-19(20)17-4-2-1-3-5-17)16-8-11-24(12-9-16)21(26)15-23-10-13-25/h4,6-7,14,16,23,25H,1-3,5,8-13,15,22H2. The van der Waals surface area contributed by atoms with E-state index in [1.54, 1.807) is 0 Å². The van der Waals surface area contributed by atoms with E-state index in [0.29, 0.717) is 19.0 Å². The molecule has 1 aromatic carbocycles. The zero-order chi connectivity index (χ0) is 18.4. The Morgan fingerprint density at radius 3 is 2.77 bits per heavy atom. The molecule has 0 saturated carbocycles. The van der Waals surface area contributed by atoms with Crippen molar-refractivity contribution < 1.29 is 9.90 Å². The third kappa shape index (κ3) is 4.65. The van der Waals surface area contributed by atoms with Crippen LogP contribution in [-0.2, 0) is 4.79 Å². The maximum atomic E-state index is 12.2. The molecule has 5 nitrogen and oxygen atoms in total. The molecule has 1 amide bonds. The van der Waals surface area contributed by atoms with Gasteiger partial charge < -0.3 is 21.1 Å². The number of aliphatic hydroxyl groups is 1. The van der Waals surface area contributed by atoms with Gasteiger partial charge in [0.05, 0.1) is 13.2 Å². The van der Waals surface area contributed by atoms with Gasteiger partial charge >= 0.3 is 0 Å².